The Labute approximate surface area is 133 Å². The van der Waals surface area contributed by atoms with Crippen molar-refractivity contribution in [3.8, 4) is 0 Å². The third-order valence-electron chi connectivity index (χ3n) is 4.16. The van der Waals surface area contributed by atoms with E-state index >= 15 is 0 Å². The van der Waals surface area contributed by atoms with E-state index in [9.17, 15) is 4.39 Å². The lowest BCUT2D eigenvalue weighted by molar-refractivity contribution is 0.483. The minimum absolute atomic E-state index is 0.181. The van der Waals surface area contributed by atoms with Gasteiger partial charge in [0.25, 0.3) is 0 Å². The monoisotopic (exact) mass is 347 g/mol. The molecule has 0 radical (unpaired) electrons. The van der Waals surface area contributed by atoms with Crippen LogP contribution in [0.25, 0.3) is 0 Å². The summed E-state index contributed by atoms with van der Waals surface area (Å²) < 4.78 is 14.5. The molecule has 21 heavy (non-hydrogen) atoms. The fourth-order valence-electron chi connectivity index (χ4n) is 3.16. The van der Waals surface area contributed by atoms with Crippen molar-refractivity contribution in [2.45, 2.75) is 25.3 Å². The zero-order valence-corrected chi connectivity index (χ0v) is 13.6. The van der Waals surface area contributed by atoms with Gasteiger partial charge < -0.3 is 5.32 Å². The first kappa shape index (κ1) is 14.7. The lowest BCUT2D eigenvalue weighted by atomic mass is 9.98. The largest absolute Gasteiger partial charge is 0.310 e. The molecule has 1 aliphatic carbocycles. The average molecular weight is 348 g/mol. The maximum atomic E-state index is 13.7. The molecule has 0 saturated heterocycles. The van der Waals surface area contributed by atoms with Crippen LogP contribution in [0.4, 0.5) is 4.39 Å². The van der Waals surface area contributed by atoms with Gasteiger partial charge in [-0.2, -0.15) is 0 Å². The van der Waals surface area contributed by atoms with Gasteiger partial charge in [0.1, 0.15) is 5.82 Å². The summed E-state index contributed by atoms with van der Waals surface area (Å²) in [6, 6.07) is 16.0. The summed E-state index contributed by atoms with van der Waals surface area (Å²) in [4.78, 5) is 0. The Bertz CT molecular complexity index is 594. The van der Waals surface area contributed by atoms with Crippen LogP contribution < -0.4 is 5.32 Å². The van der Waals surface area contributed by atoms with Crippen molar-refractivity contribution in [1.29, 1.82) is 0 Å². The molecule has 0 spiro atoms. The number of rotatable bonds is 5. The first-order chi connectivity index (χ1) is 10.2. The Kier molecular flexibility index (Phi) is 4.41. The molecule has 3 atom stereocenters. The van der Waals surface area contributed by atoms with E-state index in [-0.39, 0.29) is 11.9 Å². The molecular formula is C18H19BrFN. The molecule has 3 rings (SSSR count). The second-order valence-corrected chi connectivity index (χ2v) is 6.57. The number of hydrogen-bond acceptors (Lipinski definition) is 1. The van der Waals surface area contributed by atoms with Crippen LogP contribution in [-0.4, -0.2) is 6.54 Å². The van der Waals surface area contributed by atoms with Gasteiger partial charge in [0.15, 0.2) is 0 Å². The minimum Gasteiger partial charge on any atom is -0.310 e. The molecule has 0 aromatic heterocycles. The van der Waals surface area contributed by atoms with Crippen LogP contribution in [0.3, 0.4) is 0 Å². The van der Waals surface area contributed by atoms with E-state index in [1.807, 2.05) is 12.1 Å². The fraction of sp³-hybridized carbons (Fsp3) is 0.333. The van der Waals surface area contributed by atoms with Crippen LogP contribution >= 0.6 is 15.9 Å². The number of hydrogen-bond donors (Lipinski definition) is 1. The molecule has 0 amide bonds. The number of halogens is 2. The van der Waals surface area contributed by atoms with Crippen molar-refractivity contribution in [3.05, 3.63) is 69.9 Å². The molecule has 1 aliphatic rings. The van der Waals surface area contributed by atoms with Gasteiger partial charge in [-0.25, -0.2) is 4.39 Å². The molecule has 0 bridgehead atoms. The Balaban J connectivity index is 1.83. The standard InChI is InChI=1S/C18H19BrFN/c1-2-21-18(13-8-14(19)10-15(20)9-13)17-11-16(17)12-6-4-3-5-7-12/h3-10,16-18,21H,2,11H2,1H3. The van der Waals surface area contributed by atoms with E-state index in [1.54, 1.807) is 6.07 Å². The van der Waals surface area contributed by atoms with Gasteiger partial charge in [0, 0.05) is 10.5 Å². The Morgan fingerprint density at radius 2 is 2.00 bits per heavy atom. The topological polar surface area (TPSA) is 12.0 Å². The van der Waals surface area contributed by atoms with Gasteiger partial charge in [-0.3, -0.25) is 0 Å². The summed E-state index contributed by atoms with van der Waals surface area (Å²) in [5, 5.41) is 3.53. The molecule has 3 heteroatoms. The molecule has 0 aliphatic heterocycles. The Morgan fingerprint density at radius 1 is 1.24 bits per heavy atom. The van der Waals surface area contributed by atoms with Crippen molar-refractivity contribution in [3.63, 3.8) is 0 Å². The maximum absolute atomic E-state index is 13.7. The highest BCUT2D eigenvalue weighted by atomic mass is 79.9. The van der Waals surface area contributed by atoms with Gasteiger partial charge in [-0.15, -0.1) is 0 Å². The molecule has 110 valence electrons. The van der Waals surface area contributed by atoms with Crippen molar-refractivity contribution < 1.29 is 4.39 Å². The van der Waals surface area contributed by atoms with Gasteiger partial charge in [0.05, 0.1) is 0 Å². The van der Waals surface area contributed by atoms with Crippen LogP contribution in [0, 0.1) is 11.7 Å². The molecule has 2 aromatic rings. The molecule has 0 heterocycles. The zero-order valence-electron chi connectivity index (χ0n) is 12.0. The van der Waals surface area contributed by atoms with Gasteiger partial charge in [0.2, 0.25) is 0 Å². The highest BCUT2D eigenvalue weighted by molar-refractivity contribution is 9.10. The lowest BCUT2D eigenvalue weighted by Gasteiger charge is -2.19. The second-order valence-electron chi connectivity index (χ2n) is 5.65. The Hall–Kier alpha value is -1.19. The quantitative estimate of drug-likeness (QED) is 0.798. The van der Waals surface area contributed by atoms with Crippen molar-refractivity contribution in [2.24, 2.45) is 5.92 Å². The number of benzene rings is 2. The SMILES string of the molecule is CCNC(c1cc(F)cc(Br)c1)C1CC1c1ccccc1. The second kappa shape index (κ2) is 6.29. The lowest BCUT2D eigenvalue weighted by Crippen LogP contribution is -2.23. The van der Waals surface area contributed by atoms with E-state index in [1.165, 1.54) is 11.6 Å². The predicted octanol–water partition coefficient (Wildman–Crippen LogP) is 5.04. The molecular weight excluding hydrogens is 329 g/mol. The first-order valence-electron chi connectivity index (χ1n) is 7.43. The smallest absolute Gasteiger partial charge is 0.124 e. The first-order valence-corrected chi connectivity index (χ1v) is 8.22. The van der Waals surface area contributed by atoms with Crippen molar-refractivity contribution in [1.82, 2.24) is 5.32 Å². The van der Waals surface area contributed by atoms with Crippen LogP contribution in [0.5, 0.6) is 0 Å². The molecule has 2 aromatic carbocycles. The molecule has 1 N–H and O–H groups in total. The molecule has 1 nitrogen and oxygen atoms in total. The third-order valence-corrected chi connectivity index (χ3v) is 4.62. The summed E-state index contributed by atoms with van der Waals surface area (Å²) in [6.07, 6.45) is 1.16. The van der Waals surface area contributed by atoms with E-state index in [0.29, 0.717) is 11.8 Å². The third kappa shape index (κ3) is 3.35. The van der Waals surface area contributed by atoms with E-state index in [4.69, 9.17) is 0 Å². The van der Waals surface area contributed by atoms with Crippen LogP contribution in [-0.2, 0) is 0 Å². The van der Waals surface area contributed by atoms with E-state index < -0.39 is 0 Å². The normalized spacial score (nSPS) is 22.0. The van der Waals surface area contributed by atoms with E-state index in [0.717, 1.165) is 23.0 Å². The predicted molar refractivity (Wildman–Crippen MR) is 87.8 cm³/mol. The molecule has 1 saturated carbocycles. The summed E-state index contributed by atoms with van der Waals surface area (Å²) in [5.74, 6) is 0.942. The molecule has 3 unspecified atom stereocenters. The van der Waals surface area contributed by atoms with Gasteiger partial charge >= 0.3 is 0 Å². The summed E-state index contributed by atoms with van der Waals surface area (Å²) >= 11 is 3.39. The summed E-state index contributed by atoms with van der Waals surface area (Å²) in [7, 11) is 0. The van der Waals surface area contributed by atoms with Gasteiger partial charge in [-0.05, 0) is 54.1 Å². The van der Waals surface area contributed by atoms with E-state index in [2.05, 4.69) is 52.4 Å². The van der Waals surface area contributed by atoms with Crippen molar-refractivity contribution >= 4 is 15.9 Å². The minimum atomic E-state index is -0.181. The zero-order chi connectivity index (χ0) is 14.8. The maximum Gasteiger partial charge on any atom is 0.124 e. The van der Waals surface area contributed by atoms with Crippen LogP contribution in [0.1, 0.15) is 36.4 Å². The van der Waals surface area contributed by atoms with Crippen LogP contribution in [0.15, 0.2) is 53.0 Å². The molecule has 1 fully saturated rings. The highest BCUT2D eigenvalue weighted by Gasteiger charge is 2.44. The summed E-state index contributed by atoms with van der Waals surface area (Å²) in [5.41, 5.74) is 2.42. The Morgan fingerprint density at radius 3 is 2.67 bits per heavy atom. The fourth-order valence-corrected chi connectivity index (χ4v) is 3.64. The van der Waals surface area contributed by atoms with Crippen molar-refractivity contribution in [2.75, 3.05) is 6.54 Å². The highest BCUT2D eigenvalue weighted by Crippen LogP contribution is 2.54. The summed E-state index contributed by atoms with van der Waals surface area (Å²) in [6.45, 7) is 2.98. The average Bonchev–Trinajstić information content (AvgIpc) is 3.25. The number of nitrogens with one attached hydrogen (secondary N) is 1. The van der Waals surface area contributed by atoms with Gasteiger partial charge in [-0.1, -0.05) is 53.2 Å². The van der Waals surface area contributed by atoms with Crippen LogP contribution in [0.2, 0.25) is 0 Å².